The highest BCUT2D eigenvalue weighted by atomic mass is 35.5. The minimum atomic E-state index is -0.337. The van der Waals surface area contributed by atoms with Crippen molar-refractivity contribution in [3.05, 3.63) is 55.4 Å². The van der Waals surface area contributed by atoms with Crippen LogP contribution in [0.2, 0.25) is 8.67 Å². The molecule has 0 radical (unpaired) electrons. The van der Waals surface area contributed by atoms with E-state index in [1.54, 1.807) is 6.92 Å². The predicted octanol–water partition coefficient (Wildman–Crippen LogP) is 4.73. The normalized spacial score (nSPS) is 10.6. The Morgan fingerprint density at radius 1 is 1.29 bits per heavy atom. The molecule has 1 aromatic heterocycles. The molecule has 1 nitrogen and oxygen atoms in total. The van der Waals surface area contributed by atoms with Crippen molar-refractivity contribution in [2.24, 2.45) is 0 Å². The molecular formula is C12H7Cl2FOS. The fourth-order valence-corrected chi connectivity index (χ4v) is 2.89. The van der Waals surface area contributed by atoms with Crippen LogP contribution < -0.4 is 0 Å². The van der Waals surface area contributed by atoms with Gasteiger partial charge in [0.25, 0.3) is 0 Å². The number of carbonyl (C=O) groups is 1. The molecule has 1 aromatic carbocycles. The third-order valence-corrected chi connectivity index (χ3v) is 3.81. The molecule has 0 spiro atoms. The summed E-state index contributed by atoms with van der Waals surface area (Å²) >= 11 is 12.8. The van der Waals surface area contributed by atoms with Crippen LogP contribution >= 0.6 is 34.5 Å². The summed E-state index contributed by atoms with van der Waals surface area (Å²) < 4.78 is 13.9. The standard InChI is InChI=1S/C12H7Cl2FOS/c1-6-4-7(2-3-9(6)15)11(16)8-5-10(13)17-12(8)14/h2-5H,1H3. The highest BCUT2D eigenvalue weighted by Crippen LogP contribution is 2.32. The summed E-state index contributed by atoms with van der Waals surface area (Å²) in [6.45, 7) is 1.61. The van der Waals surface area contributed by atoms with Crippen molar-refractivity contribution >= 4 is 40.3 Å². The van der Waals surface area contributed by atoms with Crippen molar-refractivity contribution in [3.63, 3.8) is 0 Å². The second-order valence-corrected chi connectivity index (χ2v) is 5.82. The Hall–Kier alpha value is -0.900. The Bertz CT molecular complexity index is 592. The second kappa shape index (κ2) is 4.77. The molecule has 5 heteroatoms. The maximum atomic E-state index is 13.1. The molecule has 0 aliphatic rings. The molecule has 2 rings (SSSR count). The summed E-state index contributed by atoms with van der Waals surface area (Å²) in [5.74, 6) is -0.586. The van der Waals surface area contributed by atoms with Gasteiger partial charge in [0.2, 0.25) is 0 Å². The summed E-state index contributed by atoms with van der Waals surface area (Å²) in [5, 5.41) is 0. The molecule has 0 unspecified atom stereocenters. The van der Waals surface area contributed by atoms with Gasteiger partial charge < -0.3 is 0 Å². The fraction of sp³-hybridized carbons (Fsp3) is 0.0833. The van der Waals surface area contributed by atoms with E-state index in [-0.39, 0.29) is 11.6 Å². The SMILES string of the molecule is Cc1cc(C(=O)c2cc(Cl)sc2Cl)ccc1F. The van der Waals surface area contributed by atoms with Gasteiger partial charge in [0, 0.05) is 5.56 Å². The Morgan fingerprint density at radius 3 is 2.53 bits per heavy atom. The predicted molar refractivity (Wildman–Crippen MR) is 68.9 cm³/mol. The van der Waals surface area contributed by atoms with E-state index in [9.17, 15) is 9.18 Å². The number of hydrogen-bond donors (Lipinski definition) is 0. The molecule has 0 fully saturated rings. The van der Waals surface area contributed by atoms with Gasteiger partial charge in [-0.3, -0.25) is 4.79 Å². The molecule has 1 heterocycles. The van der Waals surface area contributed by atoms with E-state index in [4.69, 9.17) is 23.2 Å². The van der Waals surface area contributed by atoms with Crippen LogP contribution in [-0.4, -0.2) is 5.78 Å². The molecule has 0 aliphatic carbocycles. The molecule has 0 bridgehead atoms. The first kappa shape index (κ1) is 12.6. The summed E-state index contributed by atoms with van der Waals surface area (Å²) in [4.78, 5) is 12.1. The molecule has 88 valence electrons. The zero-order valence-corrected chi connectivity index (χ0v) is 11.1. The first-order valence-corrected chi connectivity index (χ1v) is 6.32. The van der Waals surface area contributed by atoms with Crippen LogP contribution in [-0.2, 0) is 0 Å². The smallest absolute Gasteiger partial charge is 0.195 e. The highest BCUT2D eigenvalue weighted by Gasteiger charge is 2.16. The van der Waals surface area contributed by atoms with Crippen LogP contribution in [0.3, 0.4) is 0 Å². The Morgan fingerprint density at radius 2 is 2.00 bits per heavy atom. The van der Waals surface area contributed by atoms with E-state index >= 15 is 0 Å². The zero-order chi connectivity index (χ0) is 12.6. The van der Waals surface area contributed by atoms with Gasteiger partial charge in [0.1, 0.15) is 10.2 Å². The molecular weight excluding hydrogens is 282 g/mol. The molecule has 0 saturated carbocycles. The lowest BCUT2D eigenvalue weighted by molar-refractivity contribution is 0.103. The van der Waals surface area contributed by atoms with Gasteiger partial charge in [-0.2, -0.15) is 0 Å². The number of carbonyl (C=O) groups excluding carboxylic acids is 1. The Kier molecular flexibility index (Phi) is 3.52. The van der Waals surface area contributed by atoms with Gasteiger partial charge in [0.15, 0.2) is 5.78 Å². The quantitative estimate of drug-likeness (QED) is 0.730. The minimum absolute atomic E-state index is 0.249. The van der Waals surface area contributed by atoms with Gasteiger partial charge in [-0.1, -0.05) is 23.2 Å². The van der Waals surface area contributed by atoms with E-state index < -0.39 is 0 Å². The maximum absolute atomic E-state index is 13.1. The average molecular weight is 289 g/mol. The van der Waals surface area contributed by atoms with E-state index in [0.29, 0.717) is 25.4 Å². The number of rotatable bonds is 2. The van der Waals surface area contributed by atoms with Crippen LogP contribution in [0.4, 0.5) is 4.39 Å². The van der Waals surface area contributed by atoms with Crippen LogP contribution in [0.15, 0.2) is 24.3 Å². The van der Waals surface area contributed by atoms with E-state index in [1.165, 1.54) is 24.3 Å². The minimum Gasteiger partial charge on any atom is -0.289 e. The van der Waals surface area contributed by atoms with Crippen molar-refractivity contribution in [2.75, 3.05) is 0 Å². The lowest BCUT2D eigenvalue weighted by atomic mass is 10.0. The molecule has 0 saturated heterocycles. The number of ketones is 1. The van der Waals surface area contributed by atoms with E-state index in [0.717, 1.165) is 11.3 Å². The molecule has 2 aromatic rings. The van der Waals surface area contributed by atoms with Crippen molar-refractivity contribution in [1.29, 1.82) is 0 Å². The van der Waals surface area contributed by atoms with Crippen molar-refractivity contribution in [3.8, 4) is 0 Å². The zero-order valence-electron chi connectivity index (χ0n) is 8.76. The first-order chi connectivity index (χ1) is 7.99. The highest BCUT2D eigenvalue weighted by molar-refractivity contribution is 7.20. The maximum Gasteiger partial charge on any atom is 0.195 e. The van der Waals surface area contributed by atoms with Gasteiger partial charge in [-0.15, -0.1) is 11.3 Å². The fourth-order valence-electron chi connectivity index (χ4n) is 1.44. The number of hydrogen-bond acceptors (Lipinski definition) is 2. The summed E-state index contributed by atoms with van der Waals surface area (Å²) in [5.41, 5.74) is 1.18. The molecule has 0 N–H and O–H groups in total. The van der Waals surface area contributed by atoms with Crippen molar-refractivity contribution in [2.45, 2.75) is 6.92 Å². The number of benzene rings is 1. The number of halogens is 3. The van der Waals surface area contributed by atoms with Crippen LogP contribution in [0, 0.1) is 12.7 Å². The number of thiophene rings is 1. The van der Waals surface area contributed by atoms with E-state index in [1.807, 2.05) is 0 Å². The van der Waals surface area contributed by atoms with Crippen molar-refractivity contribution in [1.82, 2.24) is 0 Å². The van der Waals surface area contributed by atoms with Gasteiger partial charge in [0.05, 0.1) is 9.90 Å². The molecule has 0 amide bonds. The summed E-state index contributed by atoms with van der Waals surface area (Å²) in [6.07, 6.45) is 0. The Balaban J connectivity index is 2.44. The molecule has 17 heavy (non-hydrogen) atoms. The van der Waals surface area contributed by atoms with Gasteiger partial charge in [-0.25, -0.2) is 4.39 Å². The molecule has 0 atom stereocenters. The third kappa shape index (κ3) is 2.51. The van der Waals surface area contributed by atoms with Crippen molar-refractivity contribution < 1.29 is 9.18 Å². The van der Waals surface area contributed by atoms with Gasteiger partial charge >= 0.3 is 0 Å². The average Bonchev–Trinajstić information content (AvgIpc) is 2.61. The van der Waals surface area contributed by atoms with E-state index in [2.05, 4.69) is 0 Å². The first-order valence-electron chi connectivity index (χ1n) is 4.74. The summed E-state index contributed by atoms with van der Waals surface area (Å²) in [7, 11) is 0. The third-order valence-electron chi connectivity index (χ3n) is 2.32. The largest absolute Gasteiger partial charge is 0.289 e. The van der Waals surface area contributed by atoms with Crippen LogP contribution in [0.25, 0.3) is 0 Å². The van der Waals surface area contributed by atoms with Gasteiger partial charge in [-0.05, 0) is 36.8 Å². The van der Waals surface area contributed by atoms with Crippen LogP contribution in [0.1, 0.15) is 21.5 Å². The lowest BCUT2D eigenvalue weighted by Gasteiger charge is -2.01. The van der Waals surface area contributed by atoms with Crippen LogP contribution in [0.5, 0.6) is 0 Å². The lowest BCUT2D eigenvalue weighted by Crippen LogP contribution is -2.01. The number of aryl methyl sites for hydroxylation is 1. The summed E-state index contributed by atoms with van der Waals surface area (Å²) in [6, 6.07) is 5.73. The molecule has 0 aliphatic heterocycles. The second-order valence-electron chi connectivity index (χ2n) is 3.53. The monoisotopic (exact) mass is 288 g/mol. The Labute approximate surface area is 112 Å². The topological polar surface area (TPSA) is 17.1 Å².